The minimum absolute atomic E-state index is 0.0408. The maximum absolute atomic E-state index is 12.0. The molecular formula is C16H16BrN5OS. The number of hydrogen-bond donors (Lipinski definition) is 1. The molecule has 1 amide bonds. The molecule has 3 heterocycles. The summed E-state index contributed by atoms with van der Waals surface area (Å²) in [7, 11) is 0. The molecule has 3 aromatic heterocycles. The van der Waals surface area contributed by atoms with Gasteiger partial charge in [-0.1, -0.05) is 6.07 Å². The third kappa shape index (κ3) is 4.48. The van der Waals surface area contributed by atoms with Gasteiger partial charge in [0.05, 0.1) is 3.79 Å². The van der Waals surface area contributed by atoms with E-state index >= 15 is 0 Å². The van der Waals surface area contributed by atoms with Crippen molar-refractivity contribution < 1.29 is 4.79 Å². The normalized spacial score (nSPS) is 10.7. The summed E-state index contributed by atoms with van der Waals surface area (Å²) < 4.78 is 2.72. The lowest BCUT2D eigenvalue weighted by Crippen LogP contribution is -2.23. The summed E-state index contributed by atoms with van der Waals surface area (Å²) in [4.78, 5) is 21.6. The molecule has 0 saturated carbocycles. The summed E-state index contributed by atoms with van der Waals surface area (Å²) in [5.74, 6) is 0.720. The second kappa shape index (κ2) is 8.16. The molecule has 0 unspecified atom stereocenters. The van der Waals surface area contributed by atoms with Crippen LogP contribution in [0.25, 0.3) is 5.82 Å². The molecule has 0 aliphatic rings. The highest BCUT2D eigenvalue weighted by Gasteiger charge is 2.08. The zero-order valence-corrected chi connectivity index (χ0v) is 15.3. The molecule has 8 heteroatoms. The molecule has 24 heavy (non-hydrogen) atoms. The minimum atomic E-state index is 0.0408. The molecular weight excluding hydrogens is 390 g/mol. The van der Waals surface area contributed by atoms with E-state index in [1.807, 2.05) is 18.2 Å². The summed E-state index contributed by atoms with van der Waals surface area (Å²) in [6, 6.07) is 7.89. The lowest BCUT2D eigenvalue weighted by molar-refractivity contribution is -0.121. The molecule has 0 aliphatic carbocycles. The van der Waals surface area contributed by atoms with Crippen LogP contribution in [0.15, 0.2) is 46.9 Å². The van der Waals surface area contributed by atoms with Gasteiger partial charge in [-0.2, -0.15) is 5.10 Å². The first kappa shape index (κ1) is 16.8. The number of amides is 1. The van der Waals surface area contributed by atoms with Crippen LogP contribution in [0.3, 0.4) is 0 Å². The Bertz CT molecular complexity index is 802. The molecule has 0 aromatic carbocycles. The average molecular weight is 406 g/mol. The van der Waals surface area contributed by atoms with E-state index in [9.17, 15) is 4.79 Å². The van der Waals surface area contributed by atoms with Crippen LogP contribution in [0.2, 0.25) is 0 Å². The lowest BCUT2D eigenvalue weighted by atomic mass is 10.2. The van der Waals surface area contributed by atoms with Gasteiger partial charge in [-0.05, 0) is 47.0 Å². The Kier molecular flexibility index (Phi) is 5.71. The van der Waals surface area contributed by atoms with Crippen molar-refractivity contribution >= 4 is 33.2 Å². The molecule has 3 rings (SSSR count). The predicted molar refractivity (Wildman–Crippen MR) is 96.0 cm³/mol. The highest BCUT2D eigenvalue weighted by molar-refractivity contribution is 9.11. The summed E-state index contributed by atoms with van der Waals surface area (Å²) >= 11 is 5.16. The first-order chi connectivity index (χ1) is 11.7. The predicted octanol–water partition coefficient (Wildman–Crippen LogP) is 3.13. The van der Waals surface area contributed by atoms with Gasteiger partial charge in [0.15, 0.2) is 5.82 Å². The van der Waals surface area contributed by atoms with E-state index in [1.165, 1.54) is 11.2 Å². The number of aryl methyl sites for hydroxylation is 1. The van der Waals surface area contributed by atoms with Crippen molar-refractivity contribution in [3.63, 3.8) is 0 Å². The van der Waals surface area contributed by atoms with Crippen molar-refractivity contribution in [3.8, 4) is 5.82 Å². The zero-order chi connectivity index (χ0) is 16.8. The van der Waals surface area contributed by atoms with E-state index < -0.39 is 0 Å². The third-order valence-electron chi connectivity index (χ3n) is 3.44. The van der Waals surface area contributed by atoms with E-state index in [1.54, 1.807) is 28.5 Å². The Morgan fingerprint density at radius 2 is 2.25 bits per heavy atom. The minimum Gasteiger partial charge on any atom is -0.352 e. The molecule has 0 aliphatic heterocycles. The van der Waals surface area contributed by atoms with Crippen LogP contribution in [-0.4, -0.2) is 25.7 Å². The van der Waals surface area contributed by atoms with Crippen molar-refractivity contribution in [1.29, 1.82) is 0 Å². The monoisotopic (exact) mass is 405 g/mol. The lowest BCUT2D eigenvalue weighted by Gasteiger charge is -2.09. The van der Waals surface area contributed by atoms with Gasteiger partial charge in [-0.3, -0.25) is 4.79 Å². The summed E-state index contributed by atoms with van der Waals surface area (Å²) in [6.07, 6.45) is 7.01. The van der Waals surface area contributed by atoms with Crippen molar-refractivity contribution in [2.45, 2.75) is 25.8 Å². The molecule has 1 N–H and O–H groups in total. The van der Waals surface area contributed by atoms with Crippen LogP contribution in [0, 0.1) is 0 Å². The molecule has 6 nitrogen and oxygen atoms in total. The zero-order valence-electron chi connectivity index (χ0n) is 12.9. The number of thiophene rings is 1. The SMILES string of the molecule is O=C(CCCc1ccc(Br)s1)NCc1cccnc1-n1cncn1. The molecule has 0 radical (unpaired) electrons. The second-order valence-corrected chi connectivity index (χ2v) is 7.71. The quantitative estimate of drug-likeness (QED) is 0.655. The second-order valence-electron chi connectivity index (χ2n) is 5.16. The summed E-state index contributed by atoms with van der Waals surface area (Å²) in [6.45, 7) is 0.423. The average Bonchev–Trinajstić information content (AvgIpc) is 3.25. The first-order valence-corrected chi connectivity index (χ1v) is 9.13. The van der Waals surface area contributed by atoms with Crippen molar-refractivity contribution in [2.24, 2.45) is 0 Å². The standard InChI is InChI=1S/C16H16BrN5OS/c17-14-7-6-13(24-14)4-1-5-15(23)20-9-12-3-2-8-19-16(12)22-11-18-10-21-22/h2-3,6-8,10-11H,1,4-5,9H2,(H,20,23). The van der Waals surface area contributed by atoms with Crippen molar-refractivity contribution in [3.05, 3.63) is 57.3 Å². The highest BCUT2D eigenvalue weighted by Crippen LogP contribution is 2.23. The smallest absolute Gasteiger partial charge is 0.220 e. The fraction of sp³-hybridized carbons (Fsp3) is 0.250. The maximum atomic E-state index is 12.0. The van der Waals surface area contributed by atoms with E-state index in [4.69, 9.17) is 0 Å². The summed E-state index contributed by atoms with van der Waals surface area (Å²) in [5, 5.41) is 7.03. The van der Waals surface area contributed by atoms with E-state index in [2.05, 4.69) is 42.4 Å². The van der Waals surface area contributed by atoms with E-state index in [0.717, 1.165) is 22.2 Å². The van der Waals surface area contributed by atoms with Gasteiger partial charge in [-0.15, -0.1) is 11.3 Å². The Hall–Kier alpha value is -2.06. The fourth-order valence-corrected chi connectivity index (χ4v) is 3.81. The Morgan fingerprint density at radius 3 is 3.00 bits per heavy atom. The Labute approximate surface area is 152 Å². The molecule has 0 saturated heterocycles. The number of halogens is 1. The summed E-state index contributed by atoms with van der Waals surface area (Å²) in [5.41, 5.74) is 0.901. The van der Waals surface area contributed by atoms with Crippen LogP contribution in [-0.2, 0) is 17.8 Å². The van der Waals surface area contributed by atoms with Gasteiger partial charge in [0, 0.05) is 29.6 Å². The molecule has 3 aromatic rings. The van der Waals surface area contributed by atoms with Crippen LogP contribution in [0.4, 0.5) is 0 Å². The molecule has 124 valence electrons. The van der Waals surface area contributed by atoms with Gasteiger partial charge < -0.3 is 5.32 Å². The Balaban J connectivity index is 1.50. The number of aromatic nitrogens is 4. The molecule has 0 atom stereocenters. The van der Waals surface area contributed by atoms with Gasteiger partial charge in [0.1, 0.15) is 12.7 Å². The number of hydrogen-bond acceptors (Lipinski definition) is 5. The maximum Gasteiger partial charge on any atom is 0.220 e. The van der Waals surface area contributed by atoms with Gasteiger partial charge in [0.25, 0.3) is 0 Å². The van der Waals surface area contributed by atoms with Crippen LogP contribution in [0.5, 0.6) is 0 Å². The van der Waals surface area contributed by atoms with Crippen LogP contribution in [0.1, 0.15) is 23.3 Å². The van der Waals surface area contributed by atoms with E-state index in [-0.39, 0.29) is 5.91 Å². The number of carbonyl (C=O) groups excluding carboxylic acids is 1. The van der Waals surface area contributed by atoms with Gasteiger partial charge >= 0.3 is 0 Å². The number of rotatable bonds is 7. The molecule has 0 fully saturated rings. The molecule has 0 bridgehead atoms. The van der Waals surface area contributed by atoms with Crippen LogP contribution < -0.4 is 5.32 Å². The van der Waals surface area contributed by atoms with E-state index in [0.29, 0.717) is 18.8 Å². The topological polar surface area (TPSA) is 72.7 Å². The largest absolute Gasteiger partial charge is 0.352 e. The molecule has 0 spiro atoms. The fourth-order valence-electron chi connectivity index (χ4n) is 2.28. The number of nitrogens with zero attached hydrogens (tertiary/aromatic N) is 4. The van der Waals surface area contributed by atoms with Gasteiger partial charge in [-0.25, -0.2) is 14.6 Å². The van der Waals surface area contributed by atoms with Gasteiger partial charge in [0.2, 0.25) is 5.91 Å². The van der Waals surface area contributed by atoms with Crippen molar-refractivity contribution in [2.75, 3.05) is 0 Å². The third-order valence-corrected chi connectivity index (χ3v) is 5.12. The highest BCUT2D eigenvalue weighted by atomic mass is 79.9. The number of nitrogens with one attached hydrogen (secondary N) is 1. The Morgan fingerprint density at radius 1 is 1.33 bits per heavy atom. The number of carbonyl (C=O) groups is 1. The first-order valence-electron chi connectivity index (χ1n) is 7.52. The van der Waals surface area contributed by atoms with Crippen molar-refractivity contribution in [1.82, 2.24) is 25.1 Å². The van der Waals surface area contributed by atoms with Crippen LogP contribution >= 0.6 is 27.3 Å². The number of pyridine rings is 1.